The van der Waals surface area contributed by atoms with Crippen LogP contribution in [0.3, 0.4) is 0 Å². The number of aliphatic hydroxyl groups is 1. The summed E-state index contributed by atoms with van der Waals surface area (Å²) < 4.78 is 5.47. The van der Waals surface area contributed by atoms with Crippen LogP contribution in [0.1, 0.15) is 24.5 Å². The Kier molecular flexibility index (Phi) is 7.43. The van der Waals surface area contributed by atoms with Crippen molar-refractivity contribution in [1.82, 2.24) is 9.88 Å². The Morgan fingerprint density at radius 1 is 1.23 bits per heavy atom. The number of hydrogen-bond donors (Lipinski definition) is 3. The van der Waals surface area contributed by atoms with E-state index in [4.69, 9.17) is 17.0 Å². The average Bonchev–Trinajstić information content (AvgIpc) is 2.73. The van der Waals surface area contributed by atoms with Crippen molar-refractivity contribution in [2.45, 2.75) is 26.8 Å². The van der Waals surface area contributed by atoms with Crippen LogP contribution in [0.15, 0.2) is 53.3 Å². The van der Waals surface area contributed by atoms with Gasteiger partial charge in [-0.05, 0) is 73.8 Å². The Morgan fingerprint density at radius 3 is 2.70 bits per heavy atom. The highest BCUT2D eigenvalue weighted by molar-refractivity contribution is 7.80. The molecule has 7 heteroatoms. The average molecular weight is 426 g/mol. The second-order valence-electron chi connectivity index (χ2n) is 7.05. The number of anilines is 1. The molecule has 3 aromatic rings. The predicted octanol–water partition coefficient (Wildman–Crippen LogP) is 3.82. The van der Waals surface area contributed by atoms with Gasteiger partial charge in [0, 0.05) is 24.4 Å². The molecular weight excluding hydrogens is 398 g/mol. The number of aromatic amines is 1. The minimum Gasteiger partial charge on any atom is -0.494 e. The van der Waals surface area contributed by atoms with Crippen LogP contribution >= 0.6 is 12.2 Å². The van der Waals surface area contributed by atoms with Gasteiger partial charge in [-0.1, -0.05) is 18.2 Å². The first-order valence-corrected chi connectivity index (χ1v) is 10.4. The van der Waals surface area contributed by atoms with E-state index >= 15 is 0 Å². The number of aromatic nitrogens is 1. The smallest absolute Gasteiger partial charge is 0.253 e. The maximum Gasteiger partial charge on any atom is 0.253 e. The standard InChI is InChI=1S/C23H27N3O3S/c1-3-29-20-10-8-19(9-11-20)24-23(30)26(12-5-13-27)15-18-14-17-7-4-6-16(2)21(17)25-22(18)28/h4,6-11,14,27H,3,5,12-13,15H2,1-2H3,(H,24,30)(H,25,28). The van der Waals surface area contributed by atoms with Crippen molar-refractivity contribution in [2.75, 3.05) is 25.1 Å². The Hall–Kier alpha value is -2.90. The number of benzene rings is 2. The lowest BCUT2D eigenvalue weighted by Gasteiger charge is -2.25. The van der Waals surface area contributed by atoms with E-state index in [1.807, 2.05) is 67.3 Å². The first-order chi connectivity index (χ1) is 14.5. The molecule has 0 amide bonds. The van der Waals surface area contributed by atoms with E-state index in [9.17, 15) is 9.90 Å². The highest BCUT2D eigenvalue weighted by Crippen LogP contribution is 2.18. The minimum atomic E-state index is -0.130. The summed E-state index contributed by atoms with van der Waals surface area (Å²) in [5.74, 6) is 0.795. The first kappa shape index (κ1) is 21.8. The van der Waals surface area contributed by atoms with Crippen LogP contribution in [-0.4, -0.2) is 39.9 Å². The summed E-state index contributed by atoms with van der Waals surface area (Å²) in [4.78, 5) is 17.5. The van der Waals surface area contributed by atoms with E-state index in [0.717, 1.165) is 27.9 Å². The Labute approximate surface area is 181 Å². The van der Waals surface area contributed by atoms with Crippen LogP contribution in [0.2, 0.25) is 0 Å². The fourth-order valence-electron chi connectivity index (χ4n) is 3.27. The van der Waals surface area contributed by atoms with Crippen LogP contribution < -0.4 is 15.6 Å². The third-order valence-electron chi connectivity index (χ3n) is 4.82. The molecule has 0 fully saturated rings. The van der Waals surface area contributed by atoms with Crippen LogP contribution in [0.4, 0.5) is 5.69 Å². The molecule has 0 saturated carbocycles. The zero-order valence-corrected chi connectivity index (χ0v) is 18.1. The maximum absolute atomic E-state index is 12.7. The molecule has 1 aromatic heterocycles. The zero-order valence-electron chi connectivity index (χ0n) is 17.3. The summed E-state index contributed by atoms with van der Waals surface area (Å²) >= 11 is 5.60. The summed E-state index contributed by atoms with van der Waals surface area (Å²) in [5, 5.41) is 14.0. The number of nitrogens with zero attached hydrogens (tertiary/aromatic N) is 1. The molecule has 0 saturated heterocycles. The number of ether oxygens (including phenoxy) is 1. The molecule has 2 aromatic carbocycles. The first-order valence-electron chi connectivity index (χ1n) is 10.0. The number of aliphatic hydroxyl groups excluding tert-OH is 1. The molecule has 1 heterocycles. The van der Waals surface area contributed by atoms with Crippen molar-refractivity contribution in [3.8, 4) is 5.75 Å². The highest BCUT2D eigenvalue weighted by Gasteiger charge is 2.14. The van der Waals surface area contributed by atoms with E-state index in [-0.39, 0.29) is 12.2 Å². The van der Waals surface area contributed by atoms with Crippen molar-refractivity contribution < 1.29 is 9.84 Å². The number of para-hydroxylation sites is 1. The second kappa shape index (κ2) is 10.2. The van der Waals surface area contributed by atoms with Crippen molar-refractivity contribution in [2.24, 2.45) is 0 Å². The Balaban J connectivity index is 1.80. The molecule has 0 radical (unpaired) electrons. The summed E-state index contributed by atoms with van der Waals surface area (Å²) in [6, 6.07) is 15.4. The molecule has 0 spiro atoms. The zero-order chi connectivity index (χ0) is 21.5. The van der Waals surface area contributed by atoms with Gasteiger partial charge in [0.15, 0.2) is 5.11 Å². The molecular formula is C23H27N3O3S. The van der Waals surface area contributed by atoms with Crippen molar-refractivity contribution in [3.05, 3.63) is 70.0 Å². The van der Waals surface area contributed by atoms with E-state index in [2.05, 4.69) is 10.3 Å². The monoisotopic (exact) mass is 425 g/mol. The molecule has 0 atom stereocenters. The van der Waals surface area contributed by atoms with Gasteiger partial charge in [0.25, 0.3) is 5.56 Å². The van der Waals surface area contributed by atoms with Gasteiger partial charge < -0.3 is 25.0 Å². The van der Waals surface area contributed by atoms with Gasteiger partial charge in [-0.15, -0.1) is 0 Å². The summed E-state index contributed by atoms with van der Waals surface area (Å²) in [6.45, 7) is 5.46. The molecule has 0 aliphatic heterocycles. The quantitative estimate of drug-likeness (QED) is 0.477. The normalized spacial score (nSPS) is 10.8. The number of H-pyrrole nitrogens is 1. The third-order valence-corrected chi connectivity index (χ3v) is 5.18. The predicted molar refractivity (Wildman–Crippen MR) is 125 cm³/mol. The van der Waals surface area contributed by atoms with Gasteiger partial charge in [-0.2, -0.15) is 0 Å². The number of aryl methyl sites for hydroxylation is 1. The summed E-state index contributed by atoms with van der Waals surface area (Å²) in [6.07, 6.45) is 0.551. The van der Waals surface area contributed by atoms with Gasteiger partial charge in [0.1, 0.15) is 5.75 Å². The number of rotatable bonds is 8. The fourth-order valence-corrected chi connectivity index (χ4v) is 3.54. The van der Waals surface area contributed by atoms with E-state index in [1.165, 1.54) is 0 Å². The topological polar surface area (TPSA) is 77.6 Å². The lowest BCUT2D eigenvalue weighted by molar-refractivity contribution is 0.265. The van der Waals surface area contributed by atoms with E-state index in [0.29, 0.717) is 36.8 Å². The Morgan fingerprint density at radius 2 is 2.00 bits per heavy atom. The fraction of sp³-hybridized carbons (Fsp3) is 0.304. The summed E-state index contributed by atoms with van der Waals surface area (Å²) in [5.41, 5.74) is 3.21. The number of thiocarbonyl (C=S) groups is 1. The number of nitrogens with one attached hydrogen (secondary N) is 2. The van der Waals surface area contributed by atoms with Crippen LogP contribution in [0, 0.1) is 6.92 Å². The minimum absolute atomic E-state index is 0.0510. The van der Waals surface area contributed by atoms with Crippen molar-refractivity contribution in [3.63, 3.8) is 0 Å². The van der Waals surface area contributed by atoms with Crippen molar-refractivity contribution in [1.29, 1.82) is 0 Å². The molecule has 0 bridgehead atoms. The van der Waals surface area contributed by atoms with E-state index in [1.54, 1.807) is 0 Å². The summed E-state index contributed by atoms with van der Waals surface area (Å²) in [7, 11) is 0. The number of pyridine rings is 1. The number of hydrogen-bond acceptors (Lipinski definition) is 4. The molecule has 158 valence electrons. The molecule has 30 heavy (non-hydrogen) atoms. The van der Waals surface area contributed by atoms with Gasteiger partial charge in [0.05, 0.1) is 18.7 Å². The maximum atomic E-state index is 12.7. The largest absolute Gasteiger partial charge is 0.494 e. The van der Waals surface area contributed by atoms with Crippen LogP contribution in [0.25, 0.3) is 10.9 Å². The molecule has 0 aliphatic carbocycles. The Bertz CT molecular complexity index is 1060. The van der Waals surface area contributed by atoms with Gasteiger partial charge in [-0.25, -0.2) is 0 Å². The molecule has 0 aliphatic rings. The van der Waals surface area contributed by atoms with Gasteiger partial charge in [-0.3, -0.25) is 4.79 Å². The number of fused-ring (bicyclic) bond motifs is 1. The van der Waals surface area contributed by atoms with Crippen molar-refractivity contribution >= 4 is 33.9 Å². The molecule has 3 rings (SSSR count). The van der Waals surface area contributed by atoms with Gasteiger partial charge >= 0.3 is 0 Å². The van der Waals surface area contributed by atoms with Gasteiger partial charge in [0.2, 0.25) is 0 Å². The molecule has 6 nitrogen and oxygen atoms in total. The lowest BCUT2D eigenvalue weighted by Crippen LogP contribution is -2.37. The van der Waals surface area contributed by atoms with Crippen LogP contribution in [-0.2, 0) is 6.54 Å². The highest BCUT2D eigenvalue weighted by atomic mass is 32.1. The SMILES string of the molecule is CCOc1ccc(NC(=S)N(CCCO)Cc2cc3cccc(C)c3[nH]c2=O)cc1. The lowest BCUT2D eigenvalue weighted by atomic mass is 10.1. The molecule has 3 N–H and O–H groups in total. The molecule has 0 unspecified atom stereocenters. The second-order valence-corrected chi connectivity index (χ2v) is 7.44. The van der Waals surface area contributed by atoms with E-state index < -0.39 is 0 Å². The third kappa shape index (κ3) is 5.37. The van der Waals surface area contributed by atoms with Crippen LogP contribution in [0.5, 0.6) is 5.75 Å².